The van der Waals surface area contributed by atoms with Gasteiger partial charge in [0.15, 0.2) is 5.17 Å². The highest BCUT2D eigenvalue weighted by Gasteiger charge is 2.30. The Balaban J connectivity index is 2.43. The average molecular weight is 270 g/mol. The van der Waals surface area contributed by atoms with Crippen LogP contribution in [-0.2, 0) is 0 Å². The minimum absolute atomic E-state index is 0.454. The topological polar surface area (TPSA) is 24.4 Å². The van der Waals surface area contributed by atoms with E-state index in [2.05, 4.69) is 39.9 Å². The molecule has 0 aromatic carbocycles. The van der Waals surface area contributed by atoms with E-state index in [4.69, 9.17) is 4.99 Å². The number of nitrogens with zero attached hydrogens (tertiary/aromatic N) is 1. The van der Waals surface area contributed by atoms with Crippen LogP contribution in [0.3, 0.4) is 0 Å². The molecule has 0 saturated heterocycles. The summed E-state index contributed by atoms with van der Waals surface area (Å²) < 4.78 is 0. The predicted molar refractivity (Wildman–Crippen MR) is 84.4 cm³/mol. The van der Waals surface area contributed by atoms with Gasteiger partial charge in [0, 0.05) is 18.3 Å². The van der Waals surface area contributed by atoms with E-state index in [1.54, 1.807) is 0 Å². The molecule has 0 spiro atoms. The van der Waals surface area contributed by atoms with E-state index in [0.29, 0.717) is 11.5 Å². The molecule has 1 heterocycles. The van der Waals surface area contributed by atoms with Crippen LogP contribution in [0.2, 0.25) is 0 Å². The highest BCUT2D eigenvalue weighted by atomic mass is 32.2. The molecule has 0 saturated carbocycles. The Morgan fingerprint density at radius 3 is 2.39 bits per heavy atom. The summed E-state index contributed by atoms with van der Waals surface area (Å²) in [4.78, 5) is 4.77. The van der Waals surface area contributed by atoms with Crippen molar-refractivity contribution < 1.29 is 0 Å². The molecule has 0 aromatic rings. The molecule has 1 rings (SSSR count). The molecule has 106 valence electrons. The lowest BCUT2D eigenvalue weighted by molar-refractivity contribution is 0.317. The SMILES string of the molecule is CCC(C)CC(C)NC1=NCC(CC)(CC)CS1. The molecule has 1 aliphatic heterocycles. The third kappa shape index (κ3) is 4.49. The van der Waals surface area contributed by atoms with Crippen molar-refractivity contribution in [3.8, 4) is 0 Å². The zero-order chi connectivity index (χ0) is 13.6. The van der Waals surface area contributed by atoms with Gasteiger partial charge in [-0.05, 0) is 37.5 Å². The Morgan fingerprint density at radius 1 is 1.28 bits per heavy atom. The van der Waals surface area contributed by atoms with E-state index in [1.165, 1.54) is 36.6 Å². The van der Waals surface area contributed by atoms with E-state index in [-0.39, 0.29) is 0 Å². The van der Waals surface area contributed by atoms with Crippen LogP contribution >= 0.6 is 11.8 Å². The van der Waals surface area contributed by atoms with Crippen molar-refractivity contribution in [1.29, 1.82) is 0 Å². The normalized spacial score (nSPS) is 22.2. The van der Waals surface area contributed by atoms with Crippen LogP contribution in [0.5, 0.6) is 0 Å². The average Bonchev–Trinajstić information content (AvgIpc) is 2.39. The second kappa shape index (κ2) is 7.42. The van der Waals surface area contributed by atoms with Crippen LogP contribution in [0, 0.1) is 11.3 Å². The summed E-state index contributed by atoms with van der Waals surface area (Å²) in [6.07, 6.45) is 4.99. The molecular formula is C15H30N2S. The van der Waals surface area contributed by atoms with Crippen LogP contribution in [0.4, 0.5) is 0 Å². The van der Waals surface area contributed by atoms with Gasteiger partial charge in [0.05, 0.1) is 0 Å². The van der Waals surface area contributed by atoms with Crippen molar-refractivity contribution in [3.05, 3.63) is 0 Å². The molecule has 2 atom stereocenters. The van der Waals surface area contributed by atoms with Crippen LogP contribution < -0.4 is 5.32 Å². The first-order chi connectivity index (χ1) is 8.55. The first kappa shape index (κ1) is 15.9. The number of aliphatic imine (C=N–C) groups is 1. The van der Waals surface area contributed by atoms with Gasteiger partial charge < -0.3 is 5.32 Å². The fourth-order valence-corrected chi connectivity index (χ4v) is 3.74. The van der Waals surface area contributed by atoms with Gasteiger partial charge in [-0.25, -0.2) is 0 Å². The van der Waals surface area contributed by atoms with Crippen molar-refractivity contribution in [1.82, 2.24) is 5.32 Å². The van der Waals surface area contributed by atoms with Crippen molar-refractivity contribution in [2.45, 2.75) is 66.3 Å². The molecule has 2 nitrogen and oxygen atoms in total. The lowest BCUT2D eigenvalue weighted by Crippen LogP contribution is -2.38. The van der Waals surface area contributed by atoms with Crippen molar-refractivity contribution in [2.24, 2.45) is 16.3 Å². The monoisotopic (exact) mass is 270 g/mol. The van der Waals surface area contributed by atoms with Crippen LogP contribution in [-0.4, -0.2) is 23.5 Å². The zero-order valence-electron chi connectivity index (χ0n) is 12.8. The van der Waals surface area contributed by atoms with Crippen molar-refractivity contribution >= 4 is 16.9 Å². The fraction of sp³-hybridized carbons (Fsp3) is 0.933. The maximum absolute atomic E-state index is 4.77. The Hall–Kier alpha value is -0.180. The van der Waals surface area contributed by atoms with Gasteiger partial charge >= 0.3 is 0 Å². The first-order valence-corrected chi connectivity index (χ1v) is 8.47. The Kier molecular flexibility index (Phi) is 6.54. The minimum atomic E-state index is 0.454. The third-order valence-electron chi connectivity index (χ3n) is 4.40. The Morgan fingerprint density at radius 2 is 1.94 bits per heavy atom. The Bertz CT molecular complexity index is 272. The molecular weight excluding hydrogens is 240 g/mol. The van der Waals surface area contributed by atoms with Gasteiger partial charge in [-0.2, -0.15) is 0 Å². The third-order valence-corrected chi connectivity index (χ3v) is 5.67. The summed E-state index contributed by atoms with van der Waals surface area (Å²) >= 11 is 1.92. The van der Waals surface area contributed by atoms with Gasteiger partial charge in [-0.3, -0.25) is 4.99 Å². The van der Waals surface area contributed by atoms with E-state index in [9.17, 15) is 0 Å². The lowest BCUT2D eigenvalue weighted by Gasteiger charge is -2.34. The Labute approximate surface area is 117 Å². The van der Waals surface area contributed by atoms with Gasteiger partial charge in [0.2, 0.25) is 0 Å². The predicted octanol–water partition coefficient (Wildman–Crippen LogP) is 4.31. The van der Waals surface area contributed by atoms with E-state index < -0.39 is 0 Å². The molecule has 0 amide bonds. The van der Waals surface area contributed by atoms with Crippen LogP contribution in [0.1, 0.15) is 60.3 Å². The molecule has 0 aliphatic carbocycles. The highest BCUT2D eigenvalue weighted by molar-refractivity contribution is 8.13. The standard InChI is InChI=1S/C15H30N2S/c1-6-12(4)9-13(5)17-14-16-10-15(7-2,8-3)11-18-14/h12-13H,6-11H2,1-5H3,(H,16,17). The number of hydrogen-bond donors (Lipinski definition) is 1. The molecule has 3 heteroatoms. The molecule has 1 aliphatic rings. The molecule has 0 fully saturated rings. The second-order valence-electron chi connectivity index (χ2n) is 5.91. The summed E-state index contributed by atoms with van der Waals surface area (Å²) in [6.45, 7) is 12.5. The minimum Gasteiger partial charge on any atom is -0.362 e. The summed E-state index contributed by atoms with van der Waals surface area (Å²) in [7, 11) is 0. The molecule has 0 aromatic heterocycles. The van der Waals surface area contributed by atoms with Gasteiger partial charge in [0.25, 0.3) is 0 Å². The number of hydrogen-bond acceptors (Lipinski definition) is 3. The number of rotatable bonds is 6. The first-order valence-electron chi connectivity index (χ1n) is 7.49. The summed E-state index contributed by atoms with van der Waals surface area (Å²) in [5.74, 6) is 2.02. The number of amidine groups is 1. The van der Waals surface area contributed by atoms with E-state index in [1.807, 2.05) is 11.8 Å². The van der Waals surface area contributed by atoms with E-state index in [0.717, 1.165) is 12.5 Å². The summed E-state index contributed by atoms with van der Waals surface area (Å²) in [6, 6.07) is 0.543. The number of nitrogens with one attached hydrogen (secondary N) is 1. The van der Waals surface area contributed by atoms with Gasteiger partial charge in [0.1, 0.15) is 0 Å². The molecule has 0 radical (unpaired) electrons. The smallest absolute Gasteiger partial charge is 0.156 e. The maximum Gasteiger partial charge on any atom is 0.156 e. The molecule has 1 N–H and O–H groups in total. The summed E-state index contributed by atoms with van der Waals surface area (Å²) in [5, 5.41) is 4.75. The zero-order valence-corrected chi connectivity index (χ0v) is 13.6. The largest absolute Gasteiger partial charge is 0.362 e. The second-order valence-corrected chi connectivity index (χ2v) is 6.88. The van der Waals surface area contributed by atoms with Crippen LogP contribution in [0.15, 0.2) is 4.99 Å². The molecule has 18 heavy (non-hydrogen) atoms. The lowest BCUT2D eigenvalue weighted by atomic mass is 9.84. The highest BCUT2D eigenvalue weighted by Crippen LogP contribution is 2.34. The van der Waals surface area contributed by atoms with Crippen molar-refractivity contribution in [3.63, 3.8) is 0 Å². The number of thioether (sulfide) groups is 1. The molecule has 2 unspecified atom stereocenters. The van der Waals surface area contributed by atoms with Gasteiger partial charge in [-0.1, -0.05) is 45.9 Å². The van der Waals surface area contributed by atoms with Gasteiger partial charge in [-0.15, -0.1) is 0 Å². The fourth-order valence-electron chi connectivity index (χ4n) is 2.36. The maximum atomic E-state index is 4.77. The van der Waals surface area contributed by atoms with E-state index >= 15 is 0 Å². The van der Waals surface area contributed by atoms with Crippen LogP contribution in [0.25, 0.3) is 0 Å². The summed E-state index contributed by atoms with van der Waals surface area (Å²) in [5.41, 5.74) is 0.454. The molecule has 0 bridgehead atoms. The van der Waals surface area contributed by atoms with Crippen molar-refractivity contribution in [2.75, 3.05) is 12.3 Å². The quantitative estimate of drug-likeness (QED) is 0.778.